The zero-order valence-electron chi connectivity index (χ0n) is 17.3. The predicted octanol–water partition coefficient (Wildman–Crippen LogP) is 6.13. The number of carbonyl (C=O) groups is 2. The normalized spacial score (nSPS) is 16.5. The smallest absolute Gasteiger partial charge is 0.417 e. The van der Waals surface area contributed by atoms with E-state index in [1.807, 2.05) is 0 Å². The van der Waals surface area contributed by atoms with Crippen LogP contribution in [0.2, 0.25) is 10.0 Å². The minimum absolute atomic E-state index is 0.0637. The molecule has 1 aromatic carbocycles. The largest absolute Gasteiger partial charge is 0.463 e. The summed E-state index contributed by atoms with van der Waals surface area (Å²) < 4.78 is 44.0. The Labute approximate surface area is 202 Å². The molecule has 0 radical (unpaired) electrons. The molecule has 0 saturated carbocycles. The molecular weight excluding hydrogens is 500 g/mol. The number of alkyl halides is 3. The van der Waals surface area contributed by atoms with Crippen LogP contribution in [-0.4, -0.2) is 23.8 Å². The highest BCUT2D eigenvalue weighted by atomic mass is 35.5. The third kappa shape index (κ3) is 5.54. The van der Waals surface area contributed by atoms with E-state index < -0.39 is 23.6 Å². The van der Waals surface area contributed by atoms with Crippen LogP contribution in [0.15, 0.2) is 63.4 Å². The summed E-state index contributed by atoms with van der Waals surface area (Å²) in [5.74, 6) is -1.40. The first-order valence-electron chi connectivity index (χ1n) is 9.57. The molecule has 0 fully saturated rings. The number of ether oxygens (including phenoxy) is 1. The molecule has 0 saturated heterocycles. The Hall–Kier alpha value is -2.49. The summed E-state index contributed by atoms with van der Waals surface area (Å²) in [6, 6.07) is 7.38. The summed E-state index contributed by atoms with van der Waals surface area (Å²) in [4.78, 5) is 28.8. The number of rotatable bonds is 6. The molecule has 11 heteroatoms. The second-order valence-corrected chi connectivity index (χ2v) is 8.72. The SMILES string of the molecule is CCOC(=O)C1=C(C)NC(Sc2ncc(C(F)(F)F)cc2Cl)=C(C=O)[C@@H]1c1ccc(Cl)cc1. The van der Waals surface area contributed by atoms with Crippen LogP contribution in [0.25, 0.3) is 0 Å². The maximum absolute atomic E-state index is 12.9. The maximum Gasteiger partial charge on any atom is 0.417 e. The van der Waals surface area contributed by atoms with Gasteiger partial charge in [0.05, 0.1) is 27.8 Å². The van der Waals surface area contributed by atoms with Crippen molar-refractivity contribution >= 4 is 47.2 Å². The van der Waals surface area contributed by atoms with Crippen LogP contribution in [0.4, 0.5) is 13.2 Å². The number of aromatic nitrogens is 1. The van der Waals surface area contributed by atoms with E-state index in [1.165, 1.54) is 0 Å². The minimum Gasteiger partial charge on any atom is -0.463 e. The lowest BCUT2D eigenvalue weighted by atomic mass is 9.82. The fraction of sp³-hybridized carbons (Fsp3) is 0.227. The van der Waals surface area contributed by atoms with Crippen molar-refractivity contribution in [1.29, 1.82) is 0 Å². The van der Waals surface area contributed by atoms with Crippen molar-refractivity contribution in [2.45, 2.75) is 31.0 Å². The number of aldehydes is 1. The first-order valence-corrected chi connectivity index (χ1v) is 11.1. The van der Waals surface area contributed by atoms with E-state index in [-0.39, 0.29) is 32.8 Å². The van der Waals surface area contributed by atoms with Crippen molar-refractivity contribution in [1.82, 2.24) is 10.3 Å². The van der Waals surface area contributed by atoms with Crippen molar-refractivity contribution in [2.75, 3.05) is 6.61 Å². The molecule has 0 amide bonds. The van der Waals surface area contributed by atoms with Gasteiger partial charge in [-0.1, -0.05) is 47.1 Å². The zero-order valence-corrected chi connectivity index (χ0v) is 19.6. The highest BCUT2D eigenvalue weighted by Gasteiger charge is 2.36. The first-order chi connectivity index (χ1) is 15.6. The van der Waals surface area contributed by atoms with Gasteiger partial charge in [-0.2, -0.15) is 13.2 Å². The van der Waals surface area contributed by atoms with Gasteiger partial charge in [0.1, 0.15) is 11.3 Å². The van der Waals surface area contributed by atoms with E-state index >= 15 is 0 Å². The lowest BCUT2D eigenvalue weighted by molar-refractivity contribution is -0.139. The van der Waals surface area contributed by atoms with Gasteiger partial charge in [0.15, 0.2) is 0 Å². The monoisotopic (exact) mass is 516 g/mol. The van der Waals surface area contributed by atoms with E-state index in [1.54, 1.807) is 38.1 Å². The van der Waals surface area contributed by atoms with Crippen LogP contribution >= 0.6 is 35.0 Å². The summed E-state index contributed by atoms with van der Waals surface area (Å²) in [7, 11) is 0. The second-order valence-electron chi connectivity index (χ2n) is 6.88. The lowest BCUT2D eigenvalue weighted by Gasteiger charge is -2.30. The molecule has 2 aromatic rings. The van der Waals surface area contributed by atoms with Crippen LogP contribution < -0.4 is 5.32 Å². The number of dihydropyridines is 1. The number of pyridine rings is 1. The highest BCUT2D eigenvalue weighted by molar-refractivity contribution is 8.03. The zero-order chi connectivity index (χ0) is 24.3. The van der Waals surface area contributed by atoms with Gasteiger partial charge in [0, 0.05) is 28.4 Å². The van der Waals surface area contributed by atoms with Crippen molar-refractivity contribution in [3.63, 3.8) is 0 Å². The van der Waals surface area contributed by atoms with Gasteiger partial charge in [-0.25, -0.2) is 9.78 Å². The molecule has 5 nitrogen and oxygen atoms in total. The molecule has 0 bridgehead atoms. The fourth-order valence-electron chi connectivity index (χ4n) is 3.25. The third-order valence-electron chi connectivity index (χ3n) is 4.73. The standard InChI is InChI=1S/C22H17Cl2F3N2O3S/c1-3-32-21(31)17-11(2)29-19(15(10-30)18(17)12-4-6-14(23)7-5-12)33-20-16(24)8-13(9-28-20)22(25,26)27/h4-10,18,29H,3H2,1-2H3/t18-/m0/s1. The molecule has 33 heavy (non-hydrogen) atoms. The summed E-state index contributed by atoms with van der Waals surface area (Å²) in [6.07, 6.45) is -3.34. The Balaban J connectivity index is 2.09. The van der Waals surface area contributed by atoms with Crippen molar-refractivity contribution < 1.29 is 27.5 Å². The Kier molecular flexibility index (Phi) is 7.76. The second kappa shape index (κ2) is 10.2. The summed E-state index contributed by atoms with van der Waals surface area (Å²) in [6.45, 7) is 3.44. The number of halogens is 5. The Bertz CT molecular complexity index is 1150. The van der Waals surface area contributed by atoms with Crippen LogP contribution in [0.1, 0.15) is 30.9 Å². The molecule has 0 aliphatic carbocycles. The molecular formula is C22H17Cl2F3N2O3S. The molecule has 1 atom stereocenters. The summed E-state index contributed by atoms with van der Waals surface area (Å²) in [5.41, 5.74) is 0.447. The predicted molar refractivity (Wildman–Crippen MR) is 120 cm³/mol. The quantitative estimate of drug-likeness (QED) is 0.367. The van der Waals surface area contributed by atoms with Gasteiger partial charge in [0.2, 0.25) is 0 Å². The first kappa shape index (κ1) is 25.1. The number of esters is 1. The van der Waals surface area contributed by atoms with E-state index in [4.69, 9.17) is 27.9 Å². The number of thioether (sulfide) groups is 1. The van der Waals surface area contributed by atoms with Crippen molar-refractivity contribution in [2.24, 2.45) is 0 Å². The molecule has 1 aromatic heterocycles. The number of allylic oxidation sites excluding steroid dienone is 2. The maximum atomic E-state index is 12.9. The van der Waals surface area contributed by atoms with Crippen molar-refractivity contribution in [3.05, 3.63) is 79.6 Å². The molecule has 3 rings (SSSR count). The average Bonchev–Trinajstić information content (AvgIpc) is 2.74. The van der Waals surface area contributed by atoms with Crippen LogP contribution in [0.3, 0.4) is 0 Å². The fourth-order valence-corrected chi connectivity index (χ4v) is 4.60. The molecule has 174 valence electrons. The van der Waals surface area contributed by atoms with Gasteiger partial charge in [-0.05, 0) is 37.6 Å². The Morgan fingerprint density at radius 3 is 2.48 bits per heavy atom. The number of benzene rings is 1. The topological polar surface area (TPSA) is 68.3 Å². The van der Waals surface area contributed by atoms with E-state index in [0.29, 0.717) is 28.8 Å². The number of nitrogens with one attached hydrogen (secondary N) is 1. The Morgan fingerprint density at radius 1 is 1.27 bits per heavy atom. The number of nitrogens with zero attached hydrogens (tertiary/aromatic N) is 1. The highest BCUT2D eigenvalue weighted by Crippen LogP contribution is 2.43. The number of carbonyl (C=O) groups excluding carboxylic acids is 2. The van der Waals surface area contributed by atoms with E-state index in [0.717, 1.165) is 17.8 Å². The van der Waals surface area contributed by atoms with E-state index in [2.05, 4.69) is 10.3 Å². The molecule has 1 N–H and O–H groups in total. The third-order valence-corrected chi connectivity index (χ3v) is 6.44. The summed E-state index contributed by atoms with van der Waals surface area (Å²) >= 11 is 12.9. The molecule has 0 unspecified atom stereocenters. The molecule has 2 heterocycles. The van der Waals surface area contributed by atoms with Gasteiger partial charge in [-0.15, -0.1) is 0 Å². The minimum atomic E-state index is -4.59. The van der Waals surface area contributed by atoms with Gasteiger partial charge >= 0.3 is 12.1 Å². The van der Waals surface area contributed by atoms with Crippen LogP contribution in [0.5, 0.6) is 0 Å². The number of hydrogen-bond donors (Lipinski definition) is 1. The Morgan fingerprint density at radius 2 is 1.94 bits per heavy atom. The summed E-state index contributed by atoms with van der Waals surface area (Å²) in [5, 5.41) is 3.57. The van der Waals surface area contributed by atoms with Crippen LogP contribution in [0, 0.1) is 0 Å². The average molecular weight is 517 g/mol. The van der Waals surface area contributed by atoms with Crippen LogP contribution in [-0.2, 0) is 20.5 Å². The lowest BCUT2D eigenvalue weighted by Crippen LogP contribution is -2.29. The van der Waals surface area contributed by atoms with Gasteiger partial charge in [-0.3, -0.25) is 4.79 Å². The van der Waals surface area contributed by atoms with E-state index in [9.17, 15) is 22.8 Å². The van der Waals surface area contributed by atoms with Gasteiger partial charge in [0.25, 0.3) is 0 Å². The van der Waals surface area contributed by atoms with Gasteiger partial charge < -0.3 is 10.1 Å². The molecule has 1 aliphatic rings. The molecule has 0 spiro atoms. The number of hydrogen-bond acceptors (Lipinski definition) is 6. The van der Waals surface area contributed by atoms with Crippen molar-refractivity contribution in [3.8, 4) is 0 Å². The molecule has 1 aliphatic heterocycles.